The number of carbonyl (C=O) groups excluding carboxylic acids is 5. The van der Waals surface area contributed by atoms with Crippen LogP contribution in [0.2, 0.25) is 0 Å². The lowest BCUT2D eigenvalue weighted by Crippen LogP contribution is -2.75. The maximum atomic E-state index is 13.6. The number of hydrogen-bond donors (Lipinski definition) is 1. The average Bonchev–Trinajstić information content (AvgIpc) is 3.66. The molecule has 0 aromatic carbocycles. The quantitative estimate of drug-likeness (QED) is 0.228. The van der Waals surface area contributed by atoms with E-state index in [9.17, 15) is 29.1 Å². The number of aliphatic hydroxyl groups is 1. The lowest BCUT2D eigenvalue weighted by molar-refractivity contribution is -0.276. The molecule has 12 heteroatoms. The van der Waals surface area contributed by atoms with Crippen LogP contribution in [0.1, 0.15) is 92.2 Å². The summed E-state index contributed by atoms with van der Waals surface area (Å²) < 4.78 is 35.4. The highest BCUT2D eigenvalue weighted by Gasteiger charge is 2.90. The number of methoxy groups -OCH3 is 1. The molecule has 1 aromatic heterocycles. The van der Waals surface area contributed by atoms with Crippen LogP contribution in [0, 0.1) is 22.2 Å². The van der Waals surface area contributed by atoms with Crippen molar-refractivity contribution in [2.24, 2.45) is 22.2 Å². The zero-order valence-electron chi connectivity index (χ0n) is 28.5. The van der Waals surface area contributed by atoms with Crippen molar-refractivity contribution in [1.82, 2.24) is 0 Å². The van der Waals surface area contributed by atoms with Crippen LogP contribution in [0.15, 0.2) is 57.1 Å². The summed E-state index contributed by atoms with van der Waals surface area (Å²) in [5.74, 6) is -4.75. The predicted octanol–water partition coefficient (Wildman–Crippen LogP) is 5.28. The number of fused-ring (bicyclic) bond motifs is 4. The number of ether oxygens (including phenoxy) is 5. The van der Waals surface area contributed by atoms with Gasteiger partial charge in [-0.05, 0) is 44.2 Å². The van der Waals surface area contributed by atoms with Gasteiger partial charge in [-0.3, -0.25) is 14.4 Å². The first-order valence-electron chi connectivity index (χ1n) is 16.2. The van der Waals surface area contributed by atoms with Gasteiger partial charge < -0.3 is 33.2 Å². The lowest BCUT2D eigenvalue weighted by Gasteiger charge is -2.65. The standard InChI is InChI=1S/C36H42O12/c1-9-18(2)29(41)46-31-33(6)17-36(48-20(4)38)34(7,24(33)14-25(39)43-8)23-10-12-32(5)26(22(23)15-35(31,36)47-19(3)37)27(40)30(42)45-28(32)21-11-13-44-16-21/h9,11,13,16,24,28,31,40H,10,12,14-15,17H2,1-8H3/b18-9+/t24-,28-,31-,32+,33-,34+,35+,36+/m0/s1. The average molecular weight is 667 g/mol. The third kappa shape index (κ3) is 4.09. The van der Waals surface area contributed by atoms with Crippen molar-refractivity contribution in [2.75, 3.05) is 7.11 Å². The zero-order valence-corrected chi connectivity index (χ0v) is 28.5. The van der Waals surface area contributed by atoms with Gasteiger partial charge in [0.05, 0.1) is 19.6 Å². The molecule has 0 unspecified atom stereocenters. The van der Waals surface area contributed by atoms with E-state index in [0.29, 0.717) is 35.1 Å². The Balaban J connectivity index is 1.70. The van der Waals surface area contributed by atoms with E-state index >= 15 is 0 Å². The van der Waals surface area contributed by atoms with E-state index in [1.54, 1.807) is 26.0 Å². The molecule has 2 saturated carbocycles. The van der Waals surface area contributed by atoms with Crippen molar-refractivity contribution >= 4 is 29.8 Å². The molecule has 6 rings (SSSR count). The number of allylic oxidation sites excluding steroid dienone is 1. The topological polar surface area (TPSA) is 165 Å². The molecule has 0 amide bonds. The highest BCUT2D eigenvalue weighted by molar-refractivity contribution is 5.90. The smallest absolute Gasteiger partial charge is 0.374 e. The van der Waals surface area contributed by atoms with E-state index in [1.165, 1.54) is 33.5 Å². The van der Waals surface area contributed by atoms with Crippen molar-refractivity contribution in [3.63, 3.8) is 0 Å². The molecule has 0 spiro atoms. The summed E-state index contributed by atoms with van der Waals surface area (Å²) in [6.45, 7) is 11.4. The predicted molar refractivity (Wildman–Crippen MR) is 165 cm³/mol. The fourth-order valence-corrected chi connectivity index (χ4v) is 10.3. The van der Waals surface area contributed by atoms with Crippen LogP contribution in [0.4, 0.5) is 0 Å². The first kappa shape index (κ1) is 33.5. The molecular formula is C36H42O12. The molecule has 258 valence electrons. The van der Waals surface area contributed by atoms with Crippen molar-refractivity contribution in [2.45, 2.75) is 104 Å². The molecule has 1 aromatic rings. The van der Waals surface area contributed by atoms with E-state index in [1.807, 2.05) is 20.8 Å². The number of esters is 5. The number of carbonyl (C=O) groups is 5. The highest BCUT2D eigenvalue weighted by atomic mass is 16.6. The van der Waals surface area contributed by atoms with Crippen LogP contribution in [-0.2, 0) is 47.7 Å². The van der Waals surface area contributed by atoms with Gasteiger partial charge >= 0.3 is 29.8 Å². The Kier molecular flexibility index (Phi) is 7.57. The van der Waals surface area contributed by atoms with Gasteiger partial charge in [0.2, 0.25) is 5.76 Å². The van der Waals surface area contributed by atoms with Crippen molar-refractivity contribution < 1.29 is 57.2 Å². The van der Waals surface area contributed by atoms with Crippen molar-refractivity contribution in [3.05, 3.63) is 58.3 Å². The first-order chi connectivity index (χ1) is 22.5. The molecule has 12 nitrogen and oxygen atoms in total. The van der Waals surface area contributed by atoms with E-state index in [-0.39, 0.29) is 19.3 Å². The minimum Gasteiger partial charge on any atom is -0.502 e. The SMILES string of the molecule is C/C=C(\C)C(=O)O[C@H]1[C@@]2(C)C[C@]3(OC(C)=O)[C@@]1(OC(C)=O)CC1=C(CC[C@]4(C)C1=C(O)C(=O)O[C@H]4c1ccoc1)[C@]3(C)[C@H]2CC(=O)OC. The Bertz CT molecular complexity index is 1710. The van der Waals surface area contributed by atoms with Gasteiger partial charge in [0.25, 0.3) is 0 Å². The summed E-state index contributed by atoms with van der Waals surface area (Å²) in [5.41, 5.74) is -4.20. The Morgan fingerprint density at radius 3 is 2.35 bits per heavy atom. The van der Waals surface area contributed by atoms with Crippen molar-refractivity contribution in [3.8, 4) is 0 Å². The monoisotopic (exact) mass is 666 g/mol. The molecule has 1 N–H and O–H groups in total. The molecule has 1 aliphatic heterocycles. The molecule has 2 bridgehead atoms. The van der Waals surface area contributed by atoms with Crippen LogP contribution < -0.4 is 0 Å². The highest BCUT2D eigenvalue weighted by Crippen LogP contribution is 2.81. The van der Waals surface area contributed by atoms with Crippen LogP contribution >= 0.6 is 0 Å². The Morgan fingerprint density at radius 2 is 1.77 bits per heavy atom. The molecule has 48 heavy (non-hydrogen) atoms. The molecule has 4 aliphatic carbocycles. The summed E-state index contributed by atoms with van der Waals surface area (Å²) >= 11 is 0. The van der Waals surface area contributed by atoms with E-state index < -0.39 is 81.2 Å². The van der Waals surface area contributed by atoms with Gasteiger partial charge in [-0.2, -0.15) is 0 Å². The van der Waals surface area contributed by atoms with Gasteiger partial charge in [0.1, 0.15) is 6.10 Å². The van der Waals surface area contributed by atoms with Gasteiger partial charge in [0, 0.05) is 66.1 Å². The number of aliphatic hydroxyl groups excluding tert-OH is 1. The molecule has 0 radical (unpaired) electrons. The third-order valence-corrected chi connectivity index (χ3v) is 12.2. The van der Waals surface area contributed by atoms with Gasteiger partial charge in [0.15, 0.2) is 17.3 Å². The summed E-state index contributed by atoms with van der Waals surface area (Å²) in [4.78, 5) is 66.5. The van der Waals surface area contributed by atoms with Crippen LogP contribution in [0.3, 0.4) is 0 Å². The van der Waals surface area contributed by atoms with Crippen LogP contribution in [0.25, 0.3) is 0 Å². The van der Waals surface area contributed by atoms with Crippen LogP contribution in [0.5, 0.6) is 0 Å². The van der Waals surface area contributed by atoms with Gasteiger partial charge in [-0.25, -0.2) is 9.59 Å². The van der Waals surface area contributed by atoms with Crippen molar-refractivity contribution in [1.29, 1.82) is 0 Å². The Morgan fingerprint density at radius 1 is 1.08 bits per heavy atom. The summed E-state index contributed by atoms with van der Waals surface area (Å²) in [6, 6.07) is 1.70. The molecule has 5 aliphatic rings. The molecule has 8 atom stereocenters. The minimum absolute atomic E-state index is 0.0939. The summed E-state index contributed by atoms with van der Waals surface area (Å²) in [6.07, 6.45) is 3.11. The normalized spacial score (nSPS) is 38.1. The molecule has 0 saturated heterocycles. The second-order valence-corrected chi connectivity index (χ2v) is 14.5. The Labute approximate surface area is 278 Å². The maximum absolute atomic E-state index is 13.6. The second-order valence-electron chi connectivity index (χ2n) is 14.5. The van der Waals surface area contributed by atoms with Gasteiger partial charge in [-0.15, -0.1) is 0 Å². The third-order valence-electron chi connectivity index (χ3n) is 12.2. The number of rotatable bonds is 7. The van der Waals surface area contributed by atoms with E-state index in [4.69, 9.17) is 28.1 Å². The molecule has 2 fully saturated rings. The summed E-state index contributed by atoms with van der Waals surface area (Å²) in [7, 11) is 1.28. The zero-order chi connectivity index (χ0) is 35.2. The largest absolute Gasteiger partial charge is 0.502 e. The molecular weight excluding hydrogens is 624 g/mol. The van der Waals surface area contributed by atoms with E-state index in [2.05, 4.69) is 0 Å². The lowest BCUT2D eigenvalue weighted by atomic mass is 9.44. The van der Waals surface area contributed by atoms with E-state index in [0.717, 1.165) is 5.57 Å². The number of furan rings is 1. The minimum atomic E-state index is -1.82. The Hall–Kier alpha value is -4.35. The van der Waals surface area contributed by atoms with Crippen LogP contribution in [-0.4, -0.2) is 59.4 Å². The first-order valence-corrected chi connectivity index (χ1v) is 16.2. The number of cyclic esters (lactones) is 1. The van der Waals surface area contributed by atoms with Gasteiger partial charge in [-0.1, -0.05) is 32.4 Å². The number of hydrogen-bond acceptors (Lipinski definition) is 12. The molecule has 2 heterocycles. The fraction of sp³-hybridized carbons (Fsp3) is 0.583. The fourth-order valence-electron chi connectivity index (χ4n) is 10.3. The second kappa shape index (κ2) is 10.8. The summed E-state index contributed by atoms with van der Waals surface area (Å²) in [5, 5.41) is 11.6. The maximum Gasteiger partial charge on any atom is 0.374 e.